The summed E-state index contributed by atoms with van der Waals surface area (Å²) in [6.45, 7) is 0.833. The Labute approximate surface area is 279 Å². The molecule has 0 saturated carbocycles. The molecule has 0 saturated heterocycles. The molecule has 0 fully saturated rings. The van der Waals surface area contributed by atoms with E-state index in [0.29, 0.717) is 5.92 Å². The largest absolute Gasteiger partial charge is 0.385 e. The van der Waals surface area contributed by atoms with Gasteiger partial charge < -0.3 is 14.5 Å². The van der Waals surface area contributed by atoms with Gasteiger partial charge in [-0.1, -0.05) is 97.1 Å². The van der Waals surface area contributed by atoms with E-state index in [1.165, 1.54) is 83.2 Å². The number of hydrogen-bond acceptors (Lipinski definition) is 1. The van der Waals surface area contributed by atoms with Gasteiger partial charge >= 0.3 is 0 Å². The number of allylic oxidation sites excluding steroid dienone is 1. The van der Waals surface area contributed by atoms with Crippen LogP contribution in [-0.2, 0) is 13.0 Å². The van der Waals surface area contributed by atoms with Crippen molar-refractivity contribution in [2.24, 2.45) is 0 Å². The monoisotopic (exact) mass is 615 g/mol. The van der Waals surface area contributed by atoms with E-state index in [2.05, 4.69) is 178 Å². The van der Waals surface area contributed by atoms with Crippen molar-refractivity contribution in [1.82, 2.24) is 14.5 Å². The van der Waals surface area contributed by atoms with Crippen molar-refractivity contribution in [3.05, 3.63) is 180 Å². The van der Waals surface area contributed by atoms with Crippen LogP contribution in [0, 0.1) is 0 Å². The number of fused-ring (bicyclic) bond motifs is 7. The molecule has 2 aliphatic rings. The maximum atomic E-state index is 3.45. The second kappa shape index (κ2) is 10.8. The normalized spacial score (nSPS) is 15.1. The van der Waals surface area contributed by atoms with E-state index in [4.69, 9.17) is 0 Å². The first kappa shape index (κ1) is 27.1. The van der Waals surface area contributed by atoms with Crippen LogP contribution in [0.4, 0.5) is 0 Å². The molecule has 6 aromatic carbocycles. The van der Waals surface area contributed by atoms with Crippen LogP contribution in [0.15, 0.2) is 152 Å². The van der Waals surface area contributed by atoms with Gasteiger partial charge in [-0.3, -0.25) is 0 Å². The van der Waals surface area contributed by atoms with Gasteiger partial charge in [0, 0.05) is 45.0 Å². The lowest BCUT2D eigenvalue weighted by molar-refractivity contribution is 0.792. The number of para-hydroxylation sites is 2. The summed E-state index contributed by atoms with van der Waals surface area (Å²) in [6, 6.07) is 51.0. The number of rotatable bonds is 4. The molecule has 228 valence electrons. The molecule has 0 spiro atoms. The number of aromatic nitrogens is 2. The minimum atomic E-state index is 0.305. The lowest BCUT2D eigenvalue weighted by Crippen LogP contribution is -2.14. The van der Waals surface area contributed by atoms with E-state index in [0.717, 1.165) is 13.0 Å². The summed E-state index contributed by atoms with van der Waals surface area (Å²) in [5.41, 5.74) is 14.1. The molecule has 3 heteroatoms. The van der Waals surface area contributed by atoms with E-state index >= 15 is 0 Å². The van der Waals surface area contributed by atoms with Crippen molar-refractivity contribution < 1.29 is 0 Å². The van der Waals surface area contributed by atoms with Crippen molar-refractivity contribution in [3.8, 4) is 22.5 Å². The molecule has 1 unspecified atom stereocenters. The Morgan fingerprint density at radius 2 is 1.35 bits per heavy atom. The Bertz CT molecular complexity index is 2600. The minimum Gasteiger partial charge on any atom is -0.385 e. The first-order chi connectivity index (χ1) is 23.8. The van der Waals surface area contributed by atoms with Crippen molar-refractivity contribution in [2.45, 2.75) is 18.9 Å². The Hall–Kier alpha value is -6.06. The lowest BCUT2D eigenvalue weighted by atomic mass is 9.85. The molecule has 10 rings (SSSR count). The first-order valence-electron chi connectivity index (χ1n) is 16.8. The van der Waals surface area contributed by atoms with Gasteiger partial charge in [-0.05, 0) is 106 Å². The van der Waals surface area contributed by atoms with Gasteiger partial charge in [0.15, 0.2) is 0 Å². The van der Waals surface area contributed by atoms with Crippen molar-refractivity contribution in [3.63, 3.8) is 0 Å². The highest BCUT2D eigenvalue weighted by Gasteiger charge is 2.27. The van der Waals surface area contributed by atoms with Gasteiger partial charge in [-0.15, -0.1) is 0 Å². The summed E-state index contributed by atoms with van der Waals surface area (Å²) in [4.78, 5) is 0. The second-order valence-electron chi connectivity index (χ2n) is 13.0. The summed E-state index contributed by atoms with van der Waals surface area (Å²) < 4.78 is 4.87. The Morgan fingerprint density at radius 3 is 2.29 bits per heavy atom. The van der Waals surface area contributed by atoms with Crippen molar-refractivity contribution in [2.75, 3.05) is 0 Å². The van der Waals surface area contributed by atoms with Gasteiger partial charge in [0.2, 0.25) is 0 Å². The van der Waals surface area contributed by atoms with E-state index in [9.17, 15) is 0 Å². The zero-order valence-electron chi connectivity index (χ0n) is 26.5. The summed E-state index contributed by atoms with van der Waals surface area (Å²) in [5.74, 6) is 0.305. The minimum absolute atomic E-state index is 0.305. The molecule has 2 aromatic heterocycles. The van der Waals surface area contributed by atoms with Crippen LogP contribution in [0.2, 0.25) is 0 Å². The average Bonchev–Trinajstić information content (AvgIpc) is 3.67. The molecule has 1 atom stereocenters. The van der Waals surface area contributed by atoms with Crippen LogP contribution in [0.1, 0.15) is 34.0 Å². The van der Waals surface area contributed by atoms with E-state index < -0.39 is 0 Å². The third-order valence-corrected chi connectivity index (χ3v) is 10.3. The Morgan fingerprint density at radius 1 is 0.562 bits per heavy atom. The fourth-order valence-corrected chi connectivity index (χ4v) is 8.06. The summed E-state index contributed by atoms with van der Waals surface area (Å²) >= 11 is 0. The third-order valence-electron chi connectivity index (χ3n) is 10.3. The molecule has 1 aliphatic heterocycles. The van der Waals surface area contributed by atoms with Gasteiger partial charge in [-0.25, -0.2) is 0 Å². The second-order valence-corrected chi connectivity index (χ2v) is 13.0. The van der Waals surface area contributed by atoms with Crippen molar-refractivity contribution >= 4 is 44.7 Å². The molecule has 0 radical (unpaired) electrons. The topological polar surface area (TPSA) is 21.9 Å². The van der Waals surface area contributed by atoms with E-state index in [1.54, 1.807) is 0 Å². The van der Waals surface area contributed by atoms with Crippen LogP contribution in [0.3, 0.4) is 0 Å². The quantitative estimate of drug-likeness (QED) is 0.209. The third kappa shape index (κ3) is 4.21. The van der Waals surface area contributed by atoms with Crippen molar-refractivity contribution in [1.29, 1.82) is 0 Å². The smallest absolute Gasteiger partial charge is 0.0557 e. The Balaban J connectivity index is 1.07. The van der Waals surface area contributed by atoms with Gasteiger partial charge in [0.25, 0.3) is 0 Å². The zero-order chi connectivity index (χ0) is 31.6. The highest BCUT2D eigenvalue weighted by atomic mass is 15.0. The van der Waals surface area contributed by atoms with Crippen LogP contribution < -0.4 is 5.32 Å². The summed E-state index contributed by atoms with van der Waals surface area (Å²) in [7, 11) is 0. The fourth-order valence-electron chi connectivity index (χ4n) is 8.06. The van der Waals surface area contributed by atoms with Crippen LogP contribution in [0.25, 0.3) is 67.2 Å². The zero-order valence-corrected chi connectivity index (χ0v) is 26.5. The molecule has 1 aliphatic carbocycles. The highest BCUT2D eigenvalue weighted by molar-refractivity contribution is 6.09. The molecule has 1 N–H and O–H groups in total. The van der Waals surface area contributed by atoms with E-state index in [-0.39, 0.29) is 0 Å². The SMILES string of the molecule is C1=Cc2c3c(n(-c4ccccc4)c2CN1)C=CC(c1ccc2c(c1)c1ccccc1n2-c1cccc(-c2ccc4ccccc4c2)c1)C3. The average molecular weight is 616 g/mol. The molecule has 48 heavy (non-hydrogen) atoms. The predicted octanol–water partition coefficient (Wildman–Crippen LogP) is 10.8. The van der Waals surface area contributed by atoms with Crippen LogP contribution in [-0.4, -0.2) is 9.13 Å². The number of nitrogens with one attached hydrogen (secondary N) is 1. The maximum Gasteiger partial charge on any atom is 0.0557 e. The van der Waals surface area contributed by atoms with E-state index in [1.807, 2.05) is 0 Å². The summed E-state index contributed by atoms with van der Waals surface area (Å²) in [5, 5.41) is 8.56. The fraction of sp³-hybridized carbons (Fsp3) is 0.0667. The number of hydrogen-bond donors (Lipinski definition) is 1. The molecule has 8 aromatic rings. The first-order valence-corrected chi connectivity index (χ1v) is 16.8. The van der Waals surface area contributed by atoms with Crippen LogP contribution in [0.5, 0.6) is 0 Å². The standard InChI is InChI=1S/C45H33N3/c1-2-12-36(13-3-1)47-43-21-19-35(28-41(43)39-23-24-46-29-45(39)47)34-20-22-44-40(27-34)38-15-6-7-16-42(38)48(44)37-14-8-11-32(26-37)33-18-17-30-9-4-5-10-31(30)25-33/h1-27,35,46H,28-29H2. The molecule has 3 nitrogen and oxygen atoms in total. The number of nitrogens with zero attached hydrogens (tertiary/aromatic N) is 2. The molecular weight excluding hydrogens is 583 g/mol. The predicted molar refractivity (Wildman–Crippen MR) is 201 cm³/mol. The Kier molecular flexibility index (Phi) is 6.07. The summed E-state index contributed by atoms with van der Waals surface area (Å²) in [6.07, 6.45) is 10.1. The maximum absolute atomic E-state index is 3.45. The van der Waals surface area contributed by atoms with Crippen LogP contribution >= 0.6 is 0 Å². The molecule has 3 heterocycles. The molecule has 0 bridgehead atoms. The number of benzene rings is 6. The van der Waals surface area contributed by atoms with Gasteiger partial charge in [0.05, 0.1) is 17.6 Å². The highest BCUT2D eigenvalue weighted by Crippen LogP contribution is 2.41. The molecule has 0 amide bonds. The van der Waals surface area contributed by atoms with Gasteiger partial charge in [-0.2, -0.15) is 0 Å². The lowest BCUT2D eigenvalue weighted by Gasteiger charge is -2.20. The van der Waals surface area contributed by atoms with Gasteiger partial charge in [0.1, 0.15) is 0 Å². The molecular formula is C45H33N3.